The largest absolute Gasteiger partial charge is 0.301 e. The molecule has 8 atom stereocenters. The Kier molecular flexibility index (Phi) is 12.6. The molecule has 2 nitrogen and oxygen atoms in total. The van der Waals surface area contributed by atoms with E-state index in [4.69, 9.17) is 0 Å². The van der Waals surface area contributed by atoms with Gasteiger partial charge in [0.1, 0.15) is 0 Å². The van der Waals surface area contributed by atoms with E-state index >= 15 is 0 Å². The first-order valence-electron chi connectivity index (χ1n) is 15.8. The van der Waals surface area contributed by atoms with E-state index < -0.39 is 0 Å². The van der Waals surface area contributed by atoms with E-state index in [1.54, 1.807) is 0 Å². The van der Waals surface area contributed by atoms with Crippen molar-refractivity contribution in [2.24, 2.45) is 71.0 Å². The summed E-state index contributed by atoms with van der Waals surface area (Å²) >= 11 is 0. The molecule has 0 saturated heterocycles. The number of nitrogens with one attached hydrogen (secondary N) is 2. The summed E-state index contributed by atoms with van der Waals surface area (Å²) in [5, 5.41) is 8.41. The number of hydrogen-bond acceptors (Lipinski definition) is 2. The highest BCUT2D eigenvalue weighted by Gasteiger charge is 2.42. The van der Waals surface area contributed by atoms with Crippen LogP contribution in [-0.4, -0.2) is 18.8 Å². The maximum Gasteiger partial charge on any atom is 0.0458 e. The summed E-state index contributed by atoms with van der Waals surface area (Å²) < 4.78 is 0. The van der Waals surface area contributed by atoms with Gasteiger partial charge < -0.3 is 10.6 Å². The molecule has 2 heteroatoms. The van der Waals surface area contributed by atoms with Gasteiger partial charge in [-0.1, -0.05) is 95.9 Å². The standard InChI is InChI=1S/C33H66N2/c1-20(2)24(9)28-15-13-16-29(25(10)21(3)4)32(28)34-19-35-33-30(26(11)22(5)6)17-14-18-31(33)27(12)23(7)8/h20-35H,13-19H2,1-12H3. The molecule has 0 amide bonds. The minimum absolute atomic E-state index is 0.650. The first kappa shape index (κ1) is 31.1. The molecule has 0 radical (unpaired) electrons. The lowest BCUT2D eigenvalue weighted by molar-refractivity contribution is 0.0524. The molecule has 0 aromatic rings. The summed E-state index contributed by atoms with van der Waals surface area (Å²) in [6.07, 6.45) is 8.45. The van der Waals surface area contributed by atoms with E-state index in [9.17, 15) is 0 Å². The molecule has 0 aromatic carbocycles. The van der Waals surface area contributed by atoms with E-state index in [1.165, 1.54) is 38.5 Å². The van der Waals surface area contributed by atoms with E-state index in [0.717, 1.165) is 77.7 Å². The Labute approximate surface area is 222 Å². The minimum atomic E-state index is 0.650. The van der Waals surface area contributed by atoms with Crippen LogP contribution in [0.15, 0.2) is 0 Å². The van der Waals surface area contributed by atoms with Crippen molar-refractivity contribution in [2.45, 2.75) is 134 Å². The predicted molar refractivity (Wildman–Crippen MR) is 156 cm³/mol. The van der Waals surface area contributed by atoms with Crippen molar-refractivity contribution in [3.8, 4) is 0 Å². The highest BCUT2D eigenvalue weighted by Crippen LogP contribution is 2.43. The molecule has 2 saturated carbocycles. The molecule has 2 aliphatic rings. The highest BCUT2D eigenvalue weighted by molar-refractivity contribution is 4.96. The van der Waals surface area contributed by atoms with Crippen LogP contribution in [0.1, 0.15) is 122 Å². The molecule has 0 aromatic heterocycles. The Morgan fingerprint density at radius 2 is 0.657 bits per heavy atom. The van der Waals surface area contributed by atoms with Crippen LogP contribution in [0.2, 0.25) is 0 Å². The highest BCUT2D eigenvalue weighted by atomic mass is 15.1. The molecule has 2 rings (SSSR count). The van der Waals surface area contributed by atoms with E-state index in [-0.39, 0.29) is 0 Å². The normalized spacial score (nSPS) is 33.9. The van der Waals surface area contributed by atoms with Crippen LogP contribution < -0.4 is 10.6 Å². The maximum absolute atomic E-state index is 4.21. The lowest BCUT2D eigenvalue weighted by atomic mass is 9.64. The fourth-order valence-electron chi connectivity index (χ4n) is 7.77. The van der Waals surface area contributed by atoms with Gasteiger partial charge in [-0.25, -0.2) is 0 Å². The van der Waals surface area contributed by atoms with Crippen molar-refractivity contribution in [3.63, 3.8) is 0 Å². The zero-order chi connectivity index (χ0) is 26.4. The number of hydrogen-bond donors (Lipinski definition) is 2. The van der Waals surface area contributed by atoms with Crippen LogP contribution in [0.3, 0.4) is 0 Å². The summed E-state index contributed by atoms with van der Waals surface area (Å²) in [6, 6.07) is 1.30. The summed E-state index contributed by atoms with van der Waals surface area (Å²) in [4.78, 5) is 0. The molecule has 35 heavy (non-hydrogen) atoms. The first-order valence-corrected chi connectivity index (χ1v) is 15.8. The van der Waals surface area contributed by atoms with Crippen molar-refractivity contribution in [1.29, 1.82) is 0 Å². The second kappa shape index (κ2) is 14.2. The smallest absolute Gasteiger partial charge is 0.0458 e. The Balaban J connectivity index is 2.22. The van der Waals surface area contributed by atoms with E-state index in [0.29, 0.717) is 12.1 Å². The second-order valence-corrected chi connectivity index (χ2v) is 14.6. The average molecular weight is 491 g/mol. The van der Waals surface area contributed by atoms with Gasteiger partial charge in [-0.05, 0) is 96.7 Å². The Bertz CT molecular complexity index is 488. The van der Waals surface area contributed by atoms with Gasteiger partial charge in [-0.2, -0.15) is 0 Å². The summed E-state index contributed by atoms with van der Waals surface area (Å²) in [5.74, 6) is 9.40. The molecule has 2 N–H and O–H groups in total. The van der Waals surface area contributed by atoms with Crippen molar-refractivity contribution in [1.82, 2.24) is 10.6 Å². The lowest BCUT2D eigenvalue weighted by Gasteiger charge is -2.48. The molecular formula is C33H66N2. The third-order valence-electron chi connectivity index (χ3n) is 11.6. The maximum atomic E-state index is 4.21. The van der Waals surface area contributed by atoms with Gasteiger partial charge in [0.2, 0.25) is 0 Å². The predicted octanol–water partition coefficient (Wildman–Crippen LogP) is 8.86. The quantitative estimate of drug-likeness (QED) is 0.267. The SMILES string of the molecule is CC(C)C(C)C1CCCC(C(C)C(C)C)C1NCNC1C(C(C)C(C)C)CCCC1C(C)C(C)C. The third-order valence-corrected chi connectivity index (χ3v) is 11.6. The average Bonchev–Trinajstić information content (AvgIpc) is 2.81. The van der Waals surface area contributed by atoms with Crippen molar-refractivity contribution in [2.75, 3.05) is 6.67 Å². The fourth-order valence-corrected chi connectivity index (χ4v) is 7.77. The van der Waals surface area contributed by atoms with Gasteiger partial charge in [0, 0.05) is 18.8 Å². The molecule has 0 bridgehead atoms. The summed E-state index contributed by atoms with van der Waals surface area (Å²) in [5.41, 5.74) is 0. The van der Waals surface area contributed by atoms with Crippen molar-refractivity contribution < 1.29 is 0 Å². The molecule has 2 aliphatic carbocycles. The molecule has 2 fully saturated rings. The second-order valence-electron chi connectivity index (χ2n) is 14.6. The third kappa shape index (κ3) is 7.95. The fraction of sp³-hybridized carbons (Fsp3) is 1.00. The topological polar surface area (TPSA) is 24.1 Å². The van der Waals surface area contributed by atoms with Gasteiger partial charge in [-0.3, -0.25) is 0 Å². The molecule has 8 unspecified atom stereocenters. The van der Waals surface area contributed by atoms with E-state index in [1.807, 2.05) is 0 Å². The Morgan fingerprint density at radius 3 is 0.857 bits per heavy atom. The van der Waals surface area contributed by atoms with Gasteiger partial charge >= 0.3 is 0 Å². The van der Waals surface area contributed by atoms with Crippen LogP contribution in [0.25, 0.3) is 0 Å². The zero-order valence-corrected chi connectivity index (χ0v) is 26.0. The summed E-state index contributed by atoms with van der Waals surface area (Å²) in [7, 11) is 0. The Hall–Kier alpha value is -0.0800. The van der Waals surface area contributed by atoms with Crippen LogP contribution in [-0.2, 0) is 0 Å². The number of rotatable bonds is 12. The van der Waals surface area contributed by atoms with Crippen molar-refractivity contribution in [3.05, 3.63) is 0 Å². The van der Waals surface area contributed by atoms with Gasteiger partial charge in [-0.15, -0.1) is 0 Å². The molecule has 0 spiro atoms. The van der Waals surface area contributed by atoms with Crippen LogP contribution in [0.4, 0.5) is 0 Å². The monoisotopic (exact) mass is 491 g/mol. The van der Waals surface area contributed by atoms with Gasteiger partial charge in [0.25, 0.3) is 0 Å². The molecule has 0 aliphatic heterocycles. The van der Waals surface area contributed by atoms with Crippen LogP contribution >= 0.6 is 0 Å². The van der Waals surface area contributed by atoms with Gasteiger partial charge in [0.15, 0.2) is 0 Å². The van der Waals surface area contributed by atoms with Crippen LogP contribution in [0.5, 0.6) is 0 Å². The summed E-state index contributed by atoms with van der Waals surface area (Å²) in [6.45, 7) is 30.6. The van der Waals surface area contributed by atoms with Crippen LogP contribution in [0, 0.1) is 71.0 Å². The minimum Gasteiger partial charge on any atom is -0.301 e. The zero-order valence-electron chi connectivity index (χ0n) is 26.0. The van der Waals surface area contributed by atoms with Crippen molar-refractivity contribution >= 4 is 0 Å². The molecule has 0 heterocycles. The molecule has 208 valence electrons. The lowest BCUT2D eigenvalue weighted by Crippen LogP contribution is -2.57. The van der Waals surface area contributed by atoms with Gasteiger partial charge in [0.05, 0.1) is 0 Å². The molecular weight excluding hydrogens is 424 g/mol. The first-order chi connectivity index (χ1) is 16.4. The van der Waals surface area contributed by atoms with E-state index in [2.05, 4.69) is 93.7 Å². The Morgan fingerprint density at radius 1 is 0.429 bits per heavy atom.